The summed E-state index contributed by atoms with van der Waals surface area (Å²) in [6.45, 7) is 3.43. The zero-order valence-corrected chi connectivity index (χ0v) is 21.6. The van der Waals surface area contributed by atoms with E-state index >= 15 is 0 Å². The molecule has 2 atom stereocenters. The van der Waals surface area contributed by atoms with Crippen LogP contribution in [0, 0.1) is 23.1 Å². The SMILES string of the molecule is C=CC1(Oc2cc(C(=O)OC34CC5CC(C3)CC(C(=O)OCCS(=O)(=O)O)(C5)C4)ccc2F)CCCC1. The van der Waals surface area contributed by atoms with Crippen LogP contribution in [-0.4, -0.2) is 48.5 Å². The Kier molecular flexibility index (Phi) is 6.63. The second-order valence-corrected chi connectivity index (χ2v) is 13.0. The van der Waals surface area contributed by atoms with Gasteiger partial charge in [-0.1, -0.05) is 6.58 Å². The van der Waals surface area contributed by atoms with Crippen molar-refractivity contribution < 1.29 is 41.2 Å². The lowest BCUT2D eigenvalue weighted by atomic mass is 9.48. The highest BCUT2D eigenvalue weighted by atomic mass is 32.2. The highest BCUT2D eigenvalue weighted by molar-refractivity contribution is 7.85. The Morgan fingerprint density at radius 1 is 1.14 bits per heavy atom. The normalized spacial score (nSPS) is 31.6. The van der Waals surface area contributed by atoms with Crippen molar-refractivity contribution in [1.29, 1.82) is 0 Å². The van der Waals surface area contributed by atoms with Crippen molar-refractivity contribution in [3.05, 3.63) is 42.2 Å². The number of carbonyl (C=O) groups is 2. The van der Waals surface area contributed by atoms with Gasteiger partial charge < -0.3 is 14.2 Å². The Hall–Kier alpha value is -2.46. The number of esters is 2. The fourth-order valence-corrected chi connectivity index (χ4v) is 7.73. The van der Waals surface area contributed by atoms with E-state index < -0.39 is 56.9 Å². The monoisotopic (exact) mass is 536 g/mol. The van der Waals surface area contributed by atoms with Crippen molar-refractivity contribution >= 4 is 22.1 Å². The van der Waals surface area contributed by atoms with Gasteiger partial charge in [-0.05, 0) is 93.9 Å². The van der Waals surface area contributed by atoms with Crippen molar-refractivity contribution in [2.24, 2.45) is 17.3 Å². The summed E-state index contributed by atoms with van der Waals surface area (Å²) in [5.41, 5.74) is -2.16. The lowest BCUT2D eigenvalue weighted by Gasteiger charge is -2.59. The van der Waals surface area contributed by atoms with E-state index in [-0.39, 0.29) is 23.1 Å². The highest BCUT2D eigenvalue weighted by Gasteiger charge is 2.63. The quantitative estimate of drug-likeness (QED) is 0.276. The van der Waals surface area contributed by atoms with Gasteiger partial charge in [0.25, 0.3) is 10.1 Å². The summed E-state index contributed by atoms with van der Waals surface area (Å²) in [5, 5.41) is 0. The van der Waals surface area contributed by atoms with E-state index in [9.17, 15) is 22.4 Å². The standard InChI is InChI=1S/C27H33FO8S/c1-2-26(7-3-4-8-26)35-22-12-20(5-6-21(22)28)23(29)36-27-15-18-11-19(16-27)14-25(13-18,17-27)24(30)34-9-10-37(31,32)33/h2,5-6,12,18-19H,1,3-4,7-11,13-17H2,(H,31,32,33). The molecule has 0 radical (unpaired) electrons. The van der Waals surface area contributed by atoms with Crippen LogP contribution in [-0.2, 0) is 24.4 Å². The van der Waals surface area contributed by atoms with E-state index in [1.54, 1.807) is 6.08 Å². The molecule has 4 bridgehead atoms. The third-order valence-corrected chi connectivity index (χ3v) is 9.31. The number of hydrogen-bond donors (Lipinski definition) is 1. The lowest BCUT2D eigenvalue weighted by Crippen LogP contribution is -2.60. The second-order valence-electron chi connectivity index (χ2n) is 11.5. The molecule has 1 aromatic rings. The molecule has 0 saturated heterocycles. The van der Waals surface area contributed by atoms with Gasteiger partial charge in [0.2, 0.25) is 0 Å². The molecule has 0 amide bonds. The molecule has 0 aliphatic heterocycles. The maximum absolute atomic E-state index is 14.6. The fraction of sp³-hybridized carbons (Fsp3) is 0.630. The first-order valence-corrected chi connectivity index (χ1v) is 14.5. The van der Waals surface area contributed by atoms with Gasteiger partial charge in [0.15, 0.2) is 11.6 Å². The van der Waals surface area contributed by atoms with Gasteiger partial charge in [0.1, 0.15) is 23.6 Å². The fourth-order valence-electron chi connectivity index (χ4n) is 7.43. The Morgan fingerprint density at radius 3 is 2.43 bits per heavy atom. The molecule has 10 heteroatoms. The number of benzene rings is 1. The second kappa shape index (κ2) is 9.38. The predicted octanol–water partition coefficient (Wildman–Crippen LogP) is 4.63. The first-order valence-electron chi connectivity index (χ1n) is 12.9. The van der Waals surface area contributed by atoms with Gasteiger partial charge in [-0.25, -0.2) is 9.18 Å². The van der Waals surface area contributed by atoms with E-state index in [0.717, 1.165) is 32.1 Å². The van der Waals surface area contributed by atoms with Gasteiger partial charge in [-0.15, -0.1) is 0 Å². The molecule has 5 aliphatic rings. The summed E-state index contributed by atoms with van der Waals surface area (Å²) in [6, 6.07) is 3.95. The van der Waals surface area contributed by atoms with Crippen LogP contribution in [0.15, 0.2) is 30.9 Å². The van der Waals surface area contributed by atoms with E-state index in [1.807, 2.05) is 0 Å². The van der Waals surface area contributed by atoms with Crippen LogP contribution in [0.25, 0.3) is 0 Å². The molecular weight excluding hydrogens is 503 g/mol. The molecule has 1 N–H and O–H groups in total. The summed E-state index contributed by atoms with van der Waals surface area (Å²) in [7, 11) is -4.24. The van der Waals surface area contributed by atoms with Crippen LogP contribution in [0.2, 0.25) is 0 Å². The van der Waals surface area contributed by atoms with Crippen molar-refractivity contribution in [2.45, 2.75) is 75.4 Å². The molecule has 0 heterocycles. The molecule has 5 saturated carbocycles. The molecule has 5 aliphatic carbocycles. The van der Waals surface area contributed by atoms with E-state index in [0.29, 0.717) is 32.1 Å². The van der Waals surface area contributed by atoms with Crippen LogP contribution >= 0.6 is 0 Å². The third-order valence-electron chi connectivity index (χ3n) is 8.63. The summed E-state index contributed by atoms with van der Waals surface area (Å²) < 4.78 is 63.0. The topological polar surface area (TPSA) is 116 Å². The van der Waals surface area contributed by atoms with Crippen molar-refractivity contribution in [3.8, 4) is 5.75 Å². The minimum atomic E-state index is -4.24. The molecule has 1 aromatic carbocycles. The number of rotatable bonds is 9. The Morgan fingerprint density at radius 2 is 1.81 bits per heavy atom. The summed E-state index contributed by atoms with van der Waals surface area (Å²) in [4.78, 5) is 26.4. The van der Waals surface area contributed by atoms with E-state index in [1.165, 1.54) is 18.2 Å². The van der Waals surface area contributed by atoms with Crippen molar-refractivity contribution in [3.63, 3.8) is 0 Å². The molecule has 202 valence electrons. The molecule has 0 aromatic heterocycles. The first kappa shape index (κ1) is 26.2. The largest absolute Gasteiger partial charge is 0.480 e. The minimum Gasteiger partial charge on any atom is -0.480 e. The van der Waals surface area contributed by atoms with E-state index in [2.05, 4.69) is 6.58 Å². The summed E-state index contributed by atoms with van der Waals surface area (Å²) in [5.74, 6) is -1.97. The smallest absolute Gasteiger partial charge is 0.338 e. The number of ether oxygens (including phenoxy) is 3. The highest BCUT2D eigenvalue weighted by Crippen LogP contribution is 2.63. The van der Waals surface area contributed by atoms with Crippen LogP contribution in [0.5, 0.6) is 5.75 Å². The van der Waals surface area contributed by atoms with Crippen molar-refractivity contribution in [1.82, 2.24) is 0 Å². The molecule has 0 spiro atoms. The number of hydrogen-bond acceptors (Lipinski definition) is 7. The predicted molar refractivity (Wildman–Crippen MR) is 131 cm³/mol. The minimum absolute atomic E-state index is 0.0133. The van der Waals surface area contributed by atoms with Gasteiger partial charge in [-0.2, -0.15) is 8.42 Å². The van der Waals surface area contributed by atoms with Gasteiger partial charge >= 0.3 is 11.9 Å². The molecule has 5 fully saturated rings. The maximum atomic E-state index is 14.6. The average molecular weight is 537 g/mol. The molecule has 37 heavy (non-hydrogen) atoms. The molecule has 2 unspecified atom stereocenters. The van der Waals surface area contributed by atoms with Gasteiger partial charge in [0.05, 0.1) is 11.0 Å². The Labute approximate surface area is 216 Å². The lowest BCUT2D eigenvalue weighted by molar-refractivity contribution is -0.196. The van der Waals surface area contributed by atoms with Gasteiger partial charge in [-0.3, -0.25) is 9.35 Å². The van der Waals surface area contributed by atoms with Gasteiger partial charge in [0, 0.05) is 6.42 Å². The average Bonchev–Trinajstić information content (AvgIpc) is 3.27. The third kappa shape index (κ3) is 5.27. The zero-order valence-electron chi connectivity index (χ0n) is 20.7. The molecular formula is C27H33FO8S. The Bertz CT molecular complexity index is 1190. The number of carbonyl (C=O) groups excluding carboxylic acids is 2. The van der Waals surface area contributed by atoms with Crippen LogP contribution in [0.1, 0.15) is 74.6 Å². The van der Waals surface area contributed by atoms with Crippen LogP contribution in [0.4, 0.5) is 4.39 Å². The molecule has 8 nitrogen and oxygen atoms in total. The first-order chi connectivity index (χ1) is 17.4. The van der Waals surface area contributed by atoms with Crippen LogP contribution in [0.3, 0.4) is 0 Å². The van der Waals surface area contributed by atoms with Crippen molar-refractivity contribution in [2.75, 3.05) is 12.4 Å². The summed E-state index contributed by atoms with van der Waals surface area (Å²) >= 11 is 0. The maximum Gasteiger partial charge on any atom is 0.338 e. The summed E-state index contributed by atoms with van der Waals surface area (Å²) in [6.07, 6.45) is 8.81. The zero-order chi connectivity index (χ0) is 26.5. The van der Waals surface area contributed by atoms with E-state index in [4.69, 9.17) is 18.8 Å². The number of halogens is 1. The van der Waals surface area contributed by atoms with Crippen LogP contribution < -0.4 is 4.74 Å². The molecule has 6 rings (SSSR count). The Balaban J connectivity index is 1.32.